The summed E-state index contributed by atoms with van der Waals surface area (Å²) in [7, 11) is 0. The summed E-state index contributed by atoms with van der Waals surface area (Å²) in [4.78, 5) is 17.3. The molecule has 0 atom stereocenters. The van der Waals surface area contributed by atoms with Crippen LogP contribution in [0.2, 0.25) is 0 Å². The average Bonchev–Trinajstić information content (AvgIpc) is 3.05. The van der Waals surface area contributed by atoms with Crippen LogP contribution in [0.3, 0.4) is 0 Å². The topological polar surface area (TPSA) is 75.4 Å². The molecule has 2 heterocycles. The van der Waals surface area contributed by atoms with Crippen molar-refractivity contribution in [3.8, 4) is 10.8 Å². The Balaban J connectivity index is 2.11. The minimum Gasteiger partial charge on any atom is -0.462 e. The van der Waals surface area contributed by atoms with Gasteiger partial charge in [0.2, 0.25) is 0 Å². The molecule has 0 bridgehead atoms. The average molecular weight is 294 g/mol. The first-order valence-corrected chi connectivity index (χ1v) is 7.15. The Hall–Kier alpha value is -1.66. The lowest BCUT2D eigenvalue weighted by Gasteiger charge is -2.21. The predicted octanol–water partition coefficient (Wildman–Crippen LogP) is 2.46. The van der Waals surface area contributed by atoms with Crippen LogP contribution in [0.25, 0.3) is 10.8 Å². The van der Waals surface area contributed by atoms with E-state index in [1.807, 2.05) is 26.8 Å². The zero-order chi connectivity index (χ0) is 14.8. The smallest absolute Gasteiger partial charge is 0.271 e. The van der Waals surface area contributed by atoms with E-state index in [1.54, 1.807) is 12.3 Å². The molecule has 2 N–H and O–H groups in total. The number of amides is 1. The number of nitrogens with zero attached hydrogens (tertiary/aromatic N) is 1. The van der Waals surface area contributed by atoms with Gasteiger partial charge in [-0.15, -0.1) is 11.3 Å². The molecule has 0 spiro atoms. The lowest BCUT2D eigenvalue weighted by molar-refractivity contribution is 0.0906. The number of hydrogen-bond acceptors (Lipinski definition) is 5. The Morgan fingerprint density at radius 2 is 2.30 bits per heavy atom. The Morgan fingerprint density at radius 1 is 1.55 bits per heavy atom. The van der Waals surface area contributed by atoms with E-state index in [4.69, 9.17) is 4.42 Å². The summed E-state index contributed by atoms with van der Waals surface area (Å²) in [5.41, 5.74) is 0.0683. The maximum Gasteiger partial charge on any atom is 0.271 e. The molecule has 0 radical (unpaired) electrons. The zero-order valence-electron chi connectivity index (χ0n) is 11.8. The van der Waals surface area contributed by atoms with Crippen molar-refractivity contribution in [1.82, 2.24) is 10.3 Å². The number of aromatic nitrogens is 1. The Morgan fingerprint density at radius 3 is 2.90 bits per heavy atom. The van der Waals surface area contributed by atoms with Gasteiger partial charge in [-0.1, -0.05) is 13.8 Å². The SMILES string of the molecule is Cc1sc(-c2ccco2)nc1C(=O)NCC(C)(C)CO. The van der Waals surface area contributed by atoms with Gasteiger partial charge in [-0.25, -0.2) is 4.98 Å². The molecule has 2 aromatic rings. The van der Waals surface area contributed by atoms with Gasteiger partial charge in [0.15, 0.2) is 10.8 Å². The maximum atomic E-state index is 12.1. The summed E-state index contributed by atoms with van der Waals surface area (Å²) in [6.45, 7) is 6.04. The second-order valence-electron chi connectivity index (χ2n) is 5.41. The quantitative estimate of drug-likeness (QED) is 0.888. The maximum absolute atomic E-state index is 12.1. The first-order valence-electron chi connectivity index (χ1n) is 6.33. The summed E-state index contributed by atoms with van der Waals surface area (Å²) in [5, 5.41) is 12.7. The van der Waals surface area contributed by atoms with Gasteiger partial charge in [0.1, 0.15) is 5.69 Å². The molecule has 5 nitrogen and oxygen atoms in total. The number of aliphatic hydroxyl groups excluding tert-OH is 1. The summed E-state index contributed by atoms with van der Waals surface area (Å²) in [6, 6.07) is 3.60. The molecule has 0 aliphatic rings. The molecule has 108 valence electrons. The van der Waals surface area contributed by atoms with Crippen molar-refractivity contribution in [3.05, 3.63) is 29.0 Å². The monoisotopic (exact) mass is 294 g/mol. The second kappa shape index (κ2) is 5.76. The van der Waals surface area contributed by atoms with Gasteiger partial charge in [-0.05, 0) is 19.1 Å². The number of hydrogen-bond donors (Lipinski definition) is 2. The number of thiazole rings is 1. The lowest BCUT2D eigenvalue weighted by Crippen LogP contribution is -2.36. The number of nitrogens with one attached hydrogen (secondary N) is 1. The van der Waals surface area contributed by atoms with E-state index in [2.05, 4.69) is 10.3 Å². The third-order valence-corrected chi connectivity index (χ3v) is 3.88. The molecule has 0 saturated heterocycles. The van der Waals surface area contributed by atoms with Crippen molar-refractivity contribution >= 4 is 17.2 Å². The van der Waals surface area contributed by atoms with Crippen LogP contribution in [0, 0.1) is 12.3 Å². The fourth-order valence-electron chi connectivity index (χ4n) is 1.57. The van der Waals surface area contributed by atoms with Crippen molar-refractivity contribution in [2.45, 2.75) is 20.8 Å². The van der Waals surface area contributed by atoms with Gasteiger partial charge in [0.05, 0.1) is 6.26 Å². The van der Waals surface area contributed by atoms with E-state index in [1.165, 1.54) is 11.3 Å². The Bertz CT molecular complexity index is 588. The van der Waals surface area contributed by atoms with Gasteiger partial charge in [0, 0.05) is 23.4 Å². The van der Waals surface area contributed by atoms with Crippen molar-refractivity contribution in [2.24, 2.45) is 5.41 Å². The first kappa shape index (κ1) is 14.7. The molecule has 1 amide bonds. The first-order chi connectivity index (χ1) is 9.43. The number of carbonyl (C=O) groups is 1. The molecule has 0 aliphatic heterocycles. The largest absolute Gasteiger partial charge is 0.462 e. The highest BCUT2D eigenvalue weighted by Crippen LogP contribution is 2.27. The van der Waals surface area contributed by atoms with Gasteiger partial charge >= 0.3 is 0 Å². The third-order valence-electron chi connectivity index (χ3n) is 2.90. The Labute approximate surface area is 121 Å². The number of aliphatic hydroxyl groups is 1. The third kappa shape index (κ3) is 3.26. The molecular weight excluding hydrogens is 276 g/mol. The summed E-state index contributed by atoms with van der Waals surface area (Å²) in [6.07, 6.45) is 1.58. The zero-order valence-corrected chi connectivity index (χ0v) is 12.6. The number of rotatable bonds is 5. The molecule has 0 fully saturated rings. The number of furan rings is 1. The van der Waals surface area contributed by atoms with E-state index in [0.717, 1.165) is 4.88 Å². The molecule has 20 heavy (non-hydrogen) atoms. The van der Waals surface area contributed by atoms with Crippen LogP contribution >= 0.6 is 11.3 Å². The van der Waals surface area contributed by atoms with Gasteiger partial charge in [-0.2, -0.15) is 0 Å². The second-order valence-corrected chi connectivity index (χ2v) is 6.61. The molecular formula is C14H18N2O3S. The van der Waals surface area contributed by atoms with E-state index >= 15 is 0 Å². The highest BCUT2D eigenvalue weighted by atomic mass is 32.1. The molecule has 0 aliphatic carbocycles. The molecule has 2 rings (SSSR count). The molecule has 6 heteroatoms. The van der Waals surface area contributed by atoms with E-state index in [-0.39, 0.29) is 17.9 Å². The summed E-state index contributed by atoms with van der Waals surface area (Å²) in [5.74, 6) is 0.436. The Kier molecular flexibility index (Phi) is 4.25. The van der Waals surface area contributed by atoms with Crippen LogP contribution in [0.1, 0.15) is 29.2 Å². The van der Waals surface area contributed by atoms with Gasteiger partial charge < -0.3 is 14.8 Å². The van der Waals surface area contributed by atoms with Crippen LogP contribution in [0.4, 0.5) is 0 Å². The van der Waals surface area contributed by atoms with Gasteiger partial charge in [0.25, 0.3) is 5.91 Å². The van der Waals surface area contributed by atoms with Crippen molar-refractivity contribution in [1.29, 1.82) is 0 Å². The fraction of sp³-hybridized carbons (Fsp3) is 0.429. The summed E-state index contributed by atoms with van der Waals surface area (Å²) < 4.78 is 5.28. The molecule has 0 unspecified atom stereocenters. The lowest BCUT2D eigenvalue weighted by atomic mass is 9.95. The minimum atomic E-state index is -0.344. The van der Waals surface area contributed by atoms with Crippen molar-refractivity contribution < 1.29 is 14.3 Å². The minimum absolute atomic E-state index is 0.0149. The van der Waals surface area contributed by atoms with Crippen molar-refractivity contribution in [3.63, 3.8) is 0 Å². The van der Waals surface area contributed by atoms with E-state index < -0.39 is 0 Å². The molecule has 0 saturated carbocycles. The highest BCUT2D eigenvalue weighted by molar-refractivity contribution is 7.15. The fourth-order valence-corrected chi connectivity index (χ4v) is 2.45. The molecule has 0 aromatic carbocycles. The van der Waals surface area contributed by atoms with Crippen LogP contribution in [0.5, 0.6) is 0 Å². The van der Waals surface area contributed by atoms with Crippen LogP contribution in [0.15, 0.2) is 22.8 Å². The van der Waals surface area contributed by atoms with Crippen LogP contribution in [-0.4, -0.2) is 29.1 Å². The highest BCUT2D eigenvalue weighted by Gasteiger charge is 2.21. The van der Waals surface area contributed by atoms with Crippen LogP contribution < -0.4 is 5.32 Å². The van der Waals surface area contributed by atoms with Crippen molar-refractivity contribution in [2.75, 3.05) is 13.2 Å². The van der Waals surface area contributed by atoms with E-state index in [9.17, 15) is 9.90 Å². The van der Waals surface area contributed by atoms with Gasteiger partial charge in [-0.3, -0.25) is 4.79 Å². The number of carbonyl (C=O) groups excluding carboxylic acids is 1. The van der Waals surface area contributed by atoms with E-state index in [0.29, 0.717) is 23.0 Å². The predicted molar refractivity (Wildman–Crippen MR) is 77.8 cm³/mol. The van der Waals surface area contributed by atoms with Crippen LogP contribution in [-0.2, 0) is 0 Å². The summed E-state index contributed by atoms with van der Waals surface area (Å²) >= 11 is 1.42. The normalized spacial score (nSPS) is 11.6. The molecule has 2 aromatic heterocycles. The number of aryl methyl sites for hydroxylation is 1. The standard InChI is InChI=1S/C14H18N2O3S/c1-9-11(12(18)15-7-14(2,3)8-17)16-13(20-9)10-5-4-6-19-10/h4-6,17H,7-8H2,1-3H3,(H,15,18).